The third-order valence-electron chi connectivity index (χ3n) is 2.51. The number of rotatable bonds is 7. The molecule has 0 saturated heterocycles. The number of aryl methyl sites for hydroxylation is 1. The summed E-state index contributed by atoms with van der Waals surface area (Å²) in [5, 5.41) is 5.85. The Morgan fingerprint density at radius 3 is 2.61 bits per heavy atom. The topological polar surface area (TPSA) is 50.4 Å². The van der Waals surface area contributed by atoms with E-state index < -0.39 is 0 Å². The lowest BCUT2D eigenvalue weighted by Gasteiger charge is -2.14. The molecular weight excluding hydrogens is 228 g/mol. The van der Waals surface area contributed by atoms with Gasteiger partial charge >= 0.3 is 0 Å². The van der Waals surface area contributed by atoms with Gasteiger partial charge in [0.05, 0.1) is 6.54 Å². The van der Waals surface area contributed by atoms with Crippen LogP contribution in [-0.4, -0.2) is 31.6 Å². The predicted molar refractivity (Wildman–Crippen MR) is 72.8 cm³/mol. The van der Waals surface area contributed by atoms with Gasteiger partial charge in [-0.05, 0) is 32.9 Å². The molecule has 0 aliphatic rings. The molecule has 1 atom stereocenters. The first kappa shape index (κ1) is 14.5. The summed E-state index contributed by atoms with van der Waals surface area (Å²) >= 11 is 0. The van der Waals surface area contributed by atoms with Gasteiger partial charge in [0.15, 0.2) is 0 Å². The maximum atomic E-state index is 11.2. The molecule has 4 nitrogen and oxygen atoms in total. The van der Waals surface area contributed by atoms with Gasteiger partial charge < -0.3 is 15.4 Å². The molecule has 1 amide bonds. The lowest BCUT2D eigenvalue weighted by Crippen LogP contribution is -2.40. The third-order valence-corrected chi connectivity index (χ3v) is 2.51. The van der Waals surface area contributed by atoms with Gasteiger partial charge in [0.1, 0.15) is 12.4 Å². The number of hydrogen-bond acceptors (Lipinski definition) is 3. The Balaban J connectivity index is 2.22. The smallest absolute Gasteiger partial charge is 0.233 e. The highest BCUT2D eigenvalue weighted by Gasteiger charge is 2.05. The first-order valence-electron chi connectivity index (χ1n) is 6.31. The summed E-state index contributed by atoms with van der Waals surface area (Å²) in [6, 6.07) is 8.07. The Hall–Kier alpha value is -1.55. The van der Waals surface area contributed by atoms with E-state index in [9.17, 15) is 4.79 Å². The van der Waals surface area contributed by atoms with Crippen LogP contribution in [0.4, 0.5) is 0 Å². The third kappa shape index (κ3) is 5.68. The van der Waals surface area contributed by atoms with Crippen molar-refractivity contribution in [3.63, 3.8) is 0 Å². The number of carbonyl (C=O) groups excluding carboxylic acids is 1. The second-order valence-electron chi connectivity index (χ2n) is 4.36. The molecule has 0 aliphatic carbocycles. The molecule has 1 aromatic carbocycles. The second-order valence-corrected chi connectivity index (χ2v) is 4.36. The van der Waals surface area contributed by atoms with Crippen LogP contribution in [0, 0.1) is 6.92 Å². The van der Waals surface area contributed by atoms with E-state index in [1.54, 1.807) is 0 Å². The van der Waals surface area contributed by atoms with E-state index in [4.69, 9.17) is 4.74 Å². The molecule has 4 heteroatoms. The lowest BCUT2D eigenvalue weighted by atomic mass is 10.2. The summed E-state index contributed by atoms with van der Waals surface area (Å²) in [6.07, 6.45) is 0. The average molecular weight is 250 g/mol. The fourth-order valence-corrected chi connectivity index (χ4v) is 1.44. The quantitative estimate of drug-likeness (QED) is 0.771. The van der Waals surface area contributed by atoms with Crippen LogP contribution in [0.5, 0.6) is 5.75 Å². The fourth-order valence-electron chi connectivity index (χ4n) is 1.44. The fraction of sp³-hybridized carbons (Fsp3) is 0.500. The summed E-state index contributed by atoms with van der Waals surface area (Å²) in [7, 11) is 0. The zero-order valence-corrected chi connectivity index (χ0v) is 11.3. The number of nitrogens with one attached hydrogen (secondary N) is 2. The Morgan fingerprint density at radius 2 is 2.00 bits per heavy atom. The minimum atomic E-state index is 0.0136. The van der Waals surface area contributed by atoms with Crippen LogP contribution in [0.3, 0.4) is 0 Å². The first-order chi connectivity index (χ1) is 8.61. The van der Waals surface area contributed by atoms with Gasteiger partial charge in [-0.15, -0.1) is 0 Å². The molecule has 18 heavy (non-hydrogen) atoms. The molecule has 0 radical (unpaired) electrons. The number of amides is 1. The molecule has 0 aliphatic heterocycles. The predicted octanol–water partition coefficient (Wildman–Crippen LogP) is 1.49. The van der Waals surface area contributed by atoms with Crippen LogP contribution < -0.4 is 15.4 Å². The second kappa shape index (κ2) is 7.71. The SMILES string of the molecule is CCNC(=O)CNC(C)COc1ccc(C)cc1. The van der Waals surface area contributed by atoms with Gasteiger partial charge in [-0.25, -0.2) is 0 Å². The van der Waals surface area contributed by atoms with Crippen LogP contribution in [-0.2, 0) is 4.79 Å². The standard InChI is InChI=1S/C14H22N2O2/c1-4-15-14(17)9-16-12(3)10-18-13-7-5-11(2)6-8-13/h5-8,12,16H,4,9-10H2,1-3H3,(H,15,17). The molecule has 1 unspecified atom stereocenters. The molecule has 1 aromatic rings. The van der Waals surface area contributed by atoms with E-state index in [1.165, 1.54) is 5.56 Å². The zero-order chi connectivity index (χ0) is 13.4. The maximum absolute atomic E-state index is 11.2. The van der Waals surface area contributed by atoms with Crippen LogP contribution in [0.1, 0.15) is 19.4 Å². The zero-order valence-electron chi connectivity index (χ0n) is 11.3. The van der Waals surface area contributed by atoms with Gasteiger partial charge in [0.25, 0.3) is 0 Å². The summed E-state index contributed by atoms with van der Waals surface area (Å²) in [5.74, 6) is 0.868. The van der Waals surface area contributed by atoms with E-state index in [2.05, 4.69) is 10.6 Å². The number of hydrogen-bond donors (Lipinski definition) is 2. The van der Waals surface area contributed by atoms with E-state index in [1.807, 2.05) is 45.0 Å². The lowest BCUT2D eigenvalue weighted by molar-refractivity contribution is -0.120. The Bertz CT molecular complexity index is 363. The van der Waals surface area contributed by atoms with E-state index >= 15 is 0 Å². The molecule has 0 spiro atoms. The highest BCUT2D eigenvalue weighted by atomic mass is 16.5. The van der Waals surface area contributed by atoms with Gasteiger partial charge in [-0.3, -0.25) is 4.79 Å². The van der Waals surface area contributed by atoms with Gasteiger partial charge in [-0.1, -0.05) is 17.7 Å². The highest BCUT2D eigenvalue weighted by molar-refractivity contribution is 5.77. The van der Waals surface area contributed by atoms with E-state index in [-0.39, 0.29) is 11.9 Å². The first-order valence-corrected chi connectivity index (χ1v) is 6.31. The largest absolute Gasteiger partial charge is 0.492 e. The molecule has 0 bridgehead atoms. The minimum Gasteiger partial charge on any atom is -0.492 e. The number of likely N-dealkylation sites (N-methyl/N-ethyl adjacent to an activating group) is 1. The molecule has 0 aromatic heterocycles. The van der Waals surface area contributed by atoms with Crippen LogP contribution >= 0.6 is 0 Å². The molecular formula is C14H22N2O2. The number of carbonyl (C=O) groups is 1. The van der Waals surface area contributed by atoms with Crippen LogP contribution in [0.25, 0.3) is 0 Å². The van der Waals surface area contributed by atoms with Crippen molar-refractivity contribution in [3.8, 4) is 5.75 Å². The number of ether oxygens (including phenoxy) is 1. The Morgan fingerprint density at radius 1 is 1.33 bits per heavy atom. The van der Waals surface area contributed by atoms with Gasteiger partial charge in [-0.2, -0.15) is 0 Å². The molecule has 0 heterocycles. The van der Waals surface area contributed by atoms with E-state index in [0.29, 0.717) is 19.7 Å². The minimum absolute atomic E-state index is 0.0136. The van der Waals surface area contributed by atoms with Crippen molar-refractivity contribution in [2.45, 2.75) is 26.8 Å². The summed E-state index contributed by atoms with van der Waals surface area (Å²) in [6.45, 7) is 7.47. The van der Waals surface area contributed by atoms with Crippen molar-refractivity contribution in [1.82, 2.24) is 10.6 Å². The van der Waals surface area contributed by atoms with Crippen molar-refractivity contribution >= 4 is 5.91 Å². The van der Waals surface area contributed by atoms with Crippen molar-refractivity contribution in [2.24, 2.45) is 0 Å². The van der Waals surface area contributed by atoms with Crippen molar-refractivity contribution in [3.05, 3.63) is 29.8 Å². The average Bonchev–Trinajstić information content (AvgIpc) is 2.36. The van der Waals surface area contributed by atoms with Crippen molar-refractivity contribution < 1.29 is 9.53 Å². The van der Waals surface area contributed by atoms with Gasteiger partial charge in [0.2, 0.25) is 5.91 Å². The molecule has 100 valence electrons. The van der Waals surface area contributed by atoms with Crippen molar-refractivity contribution in [2.75, 3.05) is 19.7 Å². The normalized spacial score (nSPS) is 11.9. The summed E-state index contributed by atoms with van der Waals surface area (Å²) in [5.41, 5.74) is 1.21. The highest BCUT2D eigenvalue weighted by Crippen LogP contribution is 2.11. The molecule has 0 saturated carbocycles. The maximum Gasteiger partial charge on any atom is 0.233 e. The molecule has 1 rings (SSSR count). The summed E-state index contributed by atoms with van der Waals surface area (Å²) < 4.78 is 5.62. The van der Waals surface area contributed by atoms with Gasteiger partial charge in [0, 0.05) is 12.6 Å². The number of benzene rings is 1. The Labute approximate surface area is 109 Å². The Kier molecular flexibility index (Phi) is 6.22. The van der Waals surface area contributed by atoms with E-state index in [0.717, 1.165) is 5.75 Å². The van der Waals surface area contributed by atoms with Crippen molar-refractivity contribution in [1.29, 1.82) is 0 Å². The molecule has 0 fully saturated rings. The summed E-state index contributed by atoms with van der Waals surface area (Å²) in [4.78, 5) is 11.2. The van der Waals surface area contributed by atoms with Crippen LogP contribution in [0.15, 0.2) is 24.3 Å². The van der Waals surface area contributed by atoms with Crippen LogP contribution in [0.2, 0.25) is 0 Å². The monoisotopic (exact) mass is 250 g/mol. The molecule has 2 N–H and O–H groups in total.